The smallest absolute Gasteiger partial charge is 0.361 e. The number of carbonyl (C=O) groups excluding carboxylic acids is 2. The zero-order chi connectivity index (χ0) is 18.5. The third-order valence-corrected chi connectivity index (χ3v) is 3.63. The number of aromatic nitrogens is 3. The summed E-state index contributed by atoms with van der Waals surface area (Å²) in [5.41, 5.74) is 2.97. The Bertz CT molecular complexity index is 918. The van der Waals surface area contributed by atoms with Crippen LogP contribution in [-0.4, -0.2) is 33.5 Å². The fraction of sp³-hybridized carbons (Fsp3) is 0.158. The van der Waals surface area contributed by atoms with Gasteiger partial charge in [0.05, 0.1) is 11.4 Å². The van der Waals surface area contributed by atoms with Gasteiger partial charge in [-0.05, 0) is 38.1 Å². The van der Waals surface area contributed by atoms with E-state index >= 15 is 0 Å². The Labute approximate surface area is 150 Å². The number of hydrogen-bond donors (Lipinski definition) is 1. The number of carbonyl (C=O) groups is 2. The van der Waals surface area contributed by atoms with Gasteiger partial charge in [0, 0.05) is 5.69 Å². The van der Waals surface area contributed by atoms with Crippen LogP contribution >= 0.6 is 0 Å². The molecular formula is C19H18N4O3. The fourth-order valence-electron chi connectivity index (χ4n) is 2.28. The van der Waals surface area contributed by atoms with Gasteiger partial charge in [-0.25, -0.2) is 4.79 Å². The molecule has 0 spiro atoms. The van der Waals surface area contributed by atoms with Crippen LogP contribution in [0.15, 0.2) is 54.6 Å². The Kier molecular flexibility index (Phi) is 5.07. The van der Waals surface area contributed by atoms with E-state index in [4.69, 9.17) is 4.74 Å². The molecular weight excluding hydrogens is 332 g/mol. The van der Waals surface area contributed by atoms with E-state index in [1.54, 1.807) is 19.1 Å². The molecule has 132 valence electrons. The molecule has 0 radical (unpaired) electrons. The second-order valence-electron chi connectivity index (χ2n) is 5.75. The minimum absolute atomic E-state index is 0.0805. The molecule has 0 saturated carbocycles. The summed E-state index contributed by atoms with van der Waals surface area (Å²) >= 11 is 0. The van der Waals surface area contributed by atoms with Crippen molar-refractivity contribution in [3.8, 4) is 5.69 Å². The summed E-state index contributed by atoms with van der Waals surface area (Å²) in [5.74, 6) is -1.11. The molecule has 1 heterocycles. The number of esters is 1. The monoisotopic (exact) mass is 350 g/mol. The first-order valence-corrected chi connectivity index (χ1v) is 8.06. The molecule has 0 bridgehead atoms. The van der Waals surface area contributed by atoms with E-state index in [2.05, 4.69) is 15.5 Å². The van der Waals surface area contributed by atoms with Gasteiger partial charge in [0.2, 0.25) is 0 Å². The summed E-state index contributed by atoms with van der Waals surface area (Å²) in [6.07, 6.45) is 0. The van der Waals surface area contributed by atoms with E-state index in [-0.39, 0.29) is 5.69 Å². The number of nitrogens with one attached hydrogen (secondary N) is 1. The maximum Gasteiger partial charge on any atom is 0.361 e. The zero-order valence-corrected chi connectivity index (χ0v) is 14.5. The molecule has 7 nitrogen and oxygen atoms in total. The van der Waals surface area contributed by atoms with E-state index in [1.165, 1.54) is 4.80 Å². The lowest BCUT2D eigenvalue weighted by Gasteiger charge is -2.06. The largest absolute Gasteiger partial charge is 0.451 e. The molecule has 3 aromatic rings. The van der Waals surface area contributed by atoms with Gasteiger partial charge in [0.25, 0.3) is 5.91 Å². The Morgan fingerprint density at radius 1 is 1.00 bits per heavy atom. The molecule has 0 saturated heterocycles. The van der Waals surface area contributed by atoms with E-state index in [0.717, 1.165) is 11.3 Å². The average molecular weight is 350 g/mol. The van der Waals surface area contributed by atoms with E-state index in [0.29, 0.717) is 11.4 Å². The molecule has 0 unspecified atom stereocenters. The number of amides is 1. The van der Waals surface area contributed by atoms with Crippen LogP contribution < -0.4 is 5.32 Å². The number of nitrogens with zero attached hydrogens (tertiary/aromatic N) is 3. The molecule has 26 heavy (non-hydrogen) atoms. The van der Waals surface area contributed by atoms with Crippen LogP contribution in [0.1, 0.15) is 21.7 Å². The van der Waals surface area contributed by atoms with Crippen molar-refractivity contribution in [3.63, 3.8) is 0 Å². The summed E-state index contributed by atoms with van der Waals surface area (Å²) in [4.78, 5) is 25.5. The van der Waals surface area contributed by atoms with Crippen molar-refractivity contribution < 1.29 is 14.3 Å². The van der Waals surface area contributed by atoms with E-state index in [1.807, 2.05) is 49.4 Å². The van der Waals surface area contributed by atoms with Gasteiger partial charge in [-0.2, -0.15) is 9.90 Å². The lowest BCUT2D eigenvalue weighted by Crippen LogP contribution is -2.21. The van der Waals surface area contributed by atoms with Crippen LogP contribution in [0.4, 0.5) is 5.69 Å². The highest BCUT2D eigenvalue weighted by Gasteiger charge is 2.19. The molecule has 0 atom stereocenters. The minimum atomic E-state index is -0.691. The van der Waals surface area contributed by atoms with Crippen molar-refractivity contribution >= 4 is 17.6 Å². The maximum absolute atomic E-state index is 12.2. The summed E-state index contributed by atoms with van der Waals surface area (Å²) in [7, 11) is 0. The van der Waals surface area contributed by atoms with Gasteiger partial charge >= 0.3 is 5.97 Å². The number of para-hydroxylation sites is 1. The van der Waals surface area contributed by atoms with E-state index in [9.17, 15) is 9.59 Å². The van der Waals surface area contributed by atoms with Gasteiger partial charge in [-0.15, -0.1) is 5.10 Å². The van der Waals surface area contributed by atoms with Crippen molar-refractivity contribution in [2.24, 2.45) is 0 Å². The standard InChI is InChI=1S/C19H18N4O3/c1-13-8-10-15(11-9-13)20-17(24)12-26-19(25)18-14(2)21-23(22-18)16-6-4-3-5-7-16/h3-11H,12H2,1-2H3,(H,20,24). The SMILES string of the molecule is Cc1ccc(NC(=O)COC(=O)c2nn(-c3ccccc3)nc2C)cc1. The molecule has 0 fully saturated rings. The minimum Gasteiger partial charge on any atom is -0.451 e. The Morgan fingerprint density at radius 2 is 1.69 bits per heavy atom. The van der Waals surface area contributed by atoms with Crippen molar-refractivity contribution in [1.29, 1.82) is 0 Å². The highest BCUT2D eigenvalue weighted by atomic mass is 16.5. The second kappa shape index (κ2) is 7.60. The van der Waals surface area contributed by atoms with Gasteiger partial charge in [-0.1, -0.05) is 35.9 Å². The number of ether oxygens (including phenoxy) is 1. The number of hydrogen-bond acceptors (Lipinski definition) is 5. The molecule has 0 aliphatic heterocycles. The summed E-state index contributed by atoms with van der Waals surface area (Å²) < 4.78 is 5.05. The topological polar surface area (TPSA) is 86.1 Å². The third kappa shape index (κ3) is 4.13. The molecule has 2 aromatic carbocycles. The molecule has 0 aliphatic carbocycles. The Morgan fingerprint density at radius 3 is 2.38 bits per heavy atom. The lowest BCUT2D eigenvalue weighted by molar-refractivity contribution is -0.119. The number of rotatable bonds is 5. The molecule has 0 aliphatic rings. The van der Waals surface area contributed by atoms with Crippen LogP contribution in [0.3, 0.4) is 0 Å². The number of benzene rings is 2. The fourth-order valence-corrected chi connectivity index (χ4v) is 2.28. The quantitative estimate of drug-likeness (QED) is 0.715. The summed E-state index contributed by atoms with van der Waals surface area (Å²) in [6, 6.07) is 16.5. The summed E-state index contributed by atoms with van der Waals surface area (Å²) in [6.45, 7) is 3.22. The first-order valence-electron chi connectivity index (χ1n) is 8.06. The predicted molar refractivity (Wildman–Crippen MR) is 96.2 cm³/mol. The molecule has 1 amide bonds. The highest BCUT2D eigenvalue weighted by molar-refractivity contribution is 5.95. The van der Waals surface area contributed by atoms with Crippen LogP contribution in [0.5, 0.6) is 0 Å². The molecule has 7 heteroatoms. The first-order chi connectivity index (χ1) is 12.5. The van der Waals surface area contributed by atoms with E-state index < -0.39 is 18.5 Å². The summed E-state index contributed by atoms with van der Waals surface area (Å²) in [5, 5.41) is 11.0. The van der Waals surface area contributed by atoms with Crippen LogP contribution in [-0.2, 0) is 9.53 Å². The van der Waals surface area contributed by atoms with Crippen molar-refractivity contribution in [2.75, 3.05) is 11.9 Å². The van der Waals surface area contributed by atoms with Crippen LogP contribution in [0.2, 0.25) is 0 Å². The van der Waals surface area contributed by atoms with Gasteiger partial charge in [-0.3, -0.25) is 4.79 Å². The zero-order valence-electron chi connectivity index (χ0n) is 14.5. The Balaban J connectivity index is 1.60. The normalized spacial score (nSPS) is 10.4. The van der Waals surface area contributed by atoms with Gasteiger partial charge < -0.3 is 10.1 Å². The highest BCUT2D eigenvalue weighted by Crippen LogP contribution is 2.10. The second-order valence-corrected chi connectivity index (χ2v) is 5.75. The number of aryl methyl sites for hydroxylation is 2. The van der Waals surface area contributed by atoms with Crippen LogP contribution in [0, 0.1) is 13.8 Å². The van der Waals surface area contributed by atoms with Gasteiger partial charge in [0.1, 0.15) is 0 Å². The predicted octanol–water partition coefficient (Wildman–Crippen LogP) is 2.68. The maximum atomic E-state index is 12.2. The van der Waals surface area contributed by atoms with Crippen molar-refractivity contribution in [1.82, 2.24) is 15.0 Å². The lowest BCUT2D eigenvalue weighted by atomic mass is 10.2. The number of anilines is 1. The van der Waals surface area contributed by atoms with Crippen LogP contribution in [0.25, 0.3) is 5.69 Å². The molecule has 1 N–H and O–H groups in total. The average Bonchev–Trinajstić information content (AvgIpc) is 3.04. The van der Waals surface area contributed by atoms with Gasteiger partial charge in [0.15, 0.2) is 12.3 Å². The Hall–Kier alpha value is -3.48. The van der Waals surface area contributed by atoms with Crippen molar-refractivity contribution in [2.45, 2.75) is 13.8 Å². The van der Waals surface area contributed by atoms with Crippen molar-refractivity contribution in [3.05, 3.63) is 71.5 Å². The molecule has 3 rings (SSSR count). The molecule has 1 aromatic heterocycles. The third-order valence-electron chi connectivity index (χ3n) is 3.63. The first kappa shape index (κ1) is 17.3.